The number of carbonyl (C=O) groups excluding carboxylic acids is 1. The van der Waals surface area contributed by atoms with Gasteiger partial charge in [-0.1, -0.05) is 59.6 Å². The fraction of sp³-hybridized carbons (Fsp3) is 0.382. The lowest BCUT2D eigenvalue weighted by Gasteiger charge is -2.28. The van der Waals surface area contributed by atoms with E-state index in [2.05, 4.69) is 20.6 Å². The molecule has 0 unspecified atom stereocenters. The minimum atomic E-state index is -0.830. The summed E-state index contributed by atoms with van der Waals surface area (Å²) in [7, 11) is 3.10. The van der Waals surface area contributed by atoms with Gasteiger partial charge in [-0.2, -0.15) is 0 Å². The second kappa shape index (κ2) is 14.9. The normalized spacial score (nSPS) is 18.3. The van der Waals surface area contributed by atoms with Crippen LogP contribution in [0.3, 0.4) is 0 Å². The first-order valence-electron chi connectivity index (χ1n) is 15.6. The predicted molar refractivity (Wildman–Crippen MR) is 179 cm³/mol. The number of nitrogens with one attached hydrogen (secondary N) is 2. The molecule has 2 aliphatic rings. The number of methoxy groups -OCH3 is 2. The second-order valence-electron chi connectivity index (χ2n) is 11.7. The molecule has 0 saturated carbocycles. The molecule has 4 heterocycles. The summed E-state index contributed by atoms with van der Waals surface area (Å²) in [5, 5.41) is 7.18. The summed E-state index contributed by atoms with van der Waals surface area (Å²) < 4.78 is 25.1. The van der Waals surface area contributed by atoms with Crippen LogP contribution in [0.25, 0.3) is 33.6 Å². The maximum atomic E-state index is 14.0. The van der Waals surface area contributed by atoms with Crippen LogP contribution in [0.15, 0.2) is 48.8 Å². The average molecular weight is 681 g/mol. The van der Waals surface area contributed by atoms with Crippen molar-refractivity contribution in [2.24, 2.45) is 0 Å². The Kier molecular flexibility index (Phi) is 10.5. The molecule has 1 amide bonds. The Morgan fingerprint density at radius 3 is 2.09 bits per heavy atom. The van der Waals surface area contributed by atoms with Crippen LogP contribution < -0.4 is 20.1 Å². The van der Waals surface area contributed by atoms with Gasteiger partial charge in [-0.3, -0.25) is 19.7 Å². The van der Waals surface area contributed by atoms with E-state index in [9.17, 15) is 9.18 Å². The quantitative estimate of drug-likeness (QED) is 0.200. The second-order valence-corrected chi connectivity index (χ2v) is 12.4. The Morgan fingerprint density at radius 1 is 0.915 bits per heavy atom. The lowest BCUT2D eigenvalue weighted by atomic mass is 9.98. The van der Waals surface area contributed by atoms with Gasteiger partial charge in [0.25, 0.3) is 0 Å². The fourth-order valence-electron chi connectivity index (χ4n) is 6.04. The lowest BCUT2D eigenvalue weighted by molar-refractivity contribution is -0.119. The van der Waals surface area contributed by atoms with Crippen LogP contribution in [-0.4, -0.2) is 76.8 Å². The molecule has 10 nitrogen and oxygen atoms in total. The Bertz CT molecular complexity index is 1760. The monoisotopic (exact) mass is 679 g/mol. The number of piperidine rings is 1. The number of benzene rings is 2. The van der Waals surface area contributed by atoms with Crippen molar-refractivity contribution in [2.45, 2.75) is 51.0 Å². The van der Waals surface area contributed by atoms with Crippen LogP contribution in [0.4, 0.5) is 4.39 Å². The molecule has 2 N–H and O–H groups in total. The number of ether oxygens (including phenoxy) is 2. The molecule has 246 valence electrons. The van der Waals surface area contributed by atoms with Gasteiger partial charge in [-0.05, 0) is 25.8 Å². The molecule has 13 heteroatoms. The zero-order valence-electron chi connectivity index (χ0n) is 26.2. The van der Waals surface area contributed by atoms with E-state index in [0.717, 1.165) is 19.4 Å². The van der Waals surface area contributed by atoms with Gasteiger partial charge in [0.2, 0.25) is 17.7 Å². The van der Waals surface area contributed by atoms with Crippen LogP contribution >= 0.6 is 23.2 Å². The van der Waals surface area contributed by atoms with E-state index in [1.807, 2.05) is 41.3 Å². The van der Waals surface area contributed by atoms with E-state index in [1.165, 1.54) is 0 Å². The molecular formula is C34H36Cl2FN7O3. The molecule has 2 aromatic heterocycles. The van der Waals surface area contributed by atoms with E-state index < -0.39 is 6.17 Å². The fourth-order valence-corrected chi connectivity index (χ4v) is 6.68. The lowest BCUT2D eigenvalue weighted by Crippen LogP contribution is -2.36. The third-order valence-corrected chi connectivity index (χ3v) is 9.25. The summed E-state index contributed by atoms with van der Waals surface area (Å²) in [5.74, 6) is 0.838. The third kappa shape index (κ3) is 7.49. The zero-order valence-corrected chi connectivity index (χ0v) is 27.7. The highest BCUT2D eigenvalue weighted by atomic mass is 35.5. The largest absolute Gasteiger partial charge is 0.480 e. The standard InChI is InChI=1S/C34H36Cl2FN7O3/c1-46-33-28(15-38-14-21-11-12-30(45)41-21)39-16-26(42-33)24-9-3-7-22(31(24)35)23-8-4-10-25(32(23)36)27-17-40-29(34(43-27)47-2)19-44-13-5-6-20(37)18-44/h3-4,7-10,16-17,20-21,38H,5-6,11-15,18-19H2,1-2H3,(H,41,45)/t20-,21+/m1/s1. The zero-order chi connectivity index (χ0) is 32.9. The molecule has 0 bridgehead atoms. The Hall–Kier alpha value is -3.90. The topological polar surface area (TPSA) is 114 Å². The van der Waals surface area contributed by atoms with Gasteiger partial charge in [0.15, 0.2) is 0 Å². The van der Waals surface area contributed by atoms with Crippen LogP contribution in [0, 0.1) is 0 Å². The summed E-state index contributed by atoms with van der Waals surface area (Å²) in [4.78, 5) is 32.2. The predicted octanol–water partition coefficient (Wildman–Crippen LogP) is 5.89. The maximum Gasteiger partial charge on any atom is 0.237 e. The molecule has 0 spiro atoms. The van der Waals surface area contributed by atoms with Crippen molar-refractivity contribution in [2.75, 3.05) is 33.9 Å². The highest BCUT2D eigenvalue weighted by Gasteiger charge is 2.23. The van der Waals surface area contributed by atoms with E-state index in [-0.39, 0.29) is 11.9 Å². The van der Waals surface area contributed by atoms with E-state index in [1.54, 1.807) is 26.6 Å². The minimum absolute atomic E-state index is 0.0798. The Balaban J connectivity index is 1.24. The Labute approximate surface area is 283 Å². The number of carbonyl (C=O) groups is 1. The van der Waals surface area contributed by atoms with Gasteiger partial charge in [0.1, 0.15) is 17.6 Å². The molecule has 2 saturated heterocycles. The average Bonchev–Trinajstić information content (AvgIpc) is 3.50. The van der Waals surface area contributed by atoms with Crippen LogP contribution in [-0.2, 0) is 17.9 Å². The van der Waals surface area contributed by atoms with E-state index >= 15 is 0 Å². The maximum absolute atomic E-state index is 14.0. The van der Waals surface area contributed by atoms with Crippen molar-refractivity contribution in [3.63, 3.8) is 0 Å². The van der Waals surface area contributed by atoms with Gasteiger partial charge >= 0.3 is 0 Å². The molecule has 2 aromatic carbocycles. The summed E-state index contributed by atoms with van der Waals surface area (Å²) in [5.41, 5.74) is 5.15. The van der Waals surface area contributed by atoms with Crippen molar-refractivity contribution >= 4 is 29.1 Å². The van der Waals surface area contributed by atoms with Crippen molar-refractivity contribution in [3.05, 3.63) is 70.2 Å². The number of aromatic nitrogens is 4. The number of hydrogen-bond acceptors (Lipinski definition) is 9. The van der Waals surface area contributed by atoms with Gasteiger partial charge in [-0.25, -0.2) is 14.4 Å². The third-order valence-electron chi connectivity index (χ3n) is 8.44. The number of rotatable bonds is 11. The van der Waals surface area contributed by atoms with Crippen molar-refractivity contribution in [1.29, 1.82) is 0 Å². The number of amides is 1. The summed E-state index contributed by atoms with van der Waals surface area (Å²) in [6, 6.07) is 11.4. The molecule has 2 aliphatic heterocycles. The molecule has 6 rings (SSSR count). The van der Waals surface area contributed by atoms with Crippen molar-refractivity contribution < 1.29 is 18.7 Å². The summed E-state index contributed by atoms with van der Waals surface area (Å²) in [6.07, 6.45) is 5.27. The molecule has 2 fully saturated rings. The molecule has 47 heavy (non-hydrogen) atoms. The van der Waals surface area contributed by atoms with Crippen molar-refractivity contribution in [3.8, 4) is 45.4 Å². The summed E-state index contributed by atoms with van der Waals surface area (Å²) in [6.45, 7) is 2.71. The van der Waals surface area contributed by atoms with E-state index in [4.69, 9.17) is 42.6 Å². The SMILES string of the molecule is COc1nc(-c2cccc(-c3cccc(-c4cnc(CN5CCC[C@@H](F)C5)c(OC)n4)c3Cl)c2Cl)cnc1CNC[C@@H]1CCC(=O)N1. The molecule has 0 radical (unpaired) electrons. The Morgan fingerprint density at radius 2 is 1.51 bits per heavy atom. The van der Waals surface area contributed by atoms with Gasteiger partial charge in [-0.15, -0.1) is 0 Å². The van der Waals surface area contributed by atoms with Gasteiger partial charge in [0.05, 0.1) is 48.0 Å². The first-order chi connectivity index (χ1) is 22.8. The molecule has 4 aromatic rings. The number of likely N-dealkylation sites (tertiary alicyclic amines) is 1. The number of alkyl halides is 1. The first-order valence-corrected chi connectivity index (χ1v) is 16.3. The van der Waals surface area contributed by atoms with Crippen LogP contribution in [0.5, 0.6) is 11.8 Å². The van der Waals surface area contributed by atoms with Crippen LogP contribution in [0.2, 0.25) is 10.0 Å². The first kappa shape index (κ1) is 33.0. The molecule has 2 atom stereocenters. The number of hydrogen-bond donors (Lipinski definition) is 2. The minimum Gasteiger partial charge on any atom is -0.480 e. The number of halogens is 3. The molecular weight excluding hydrogens is 644 g/mol. The molecule has 0 aliphatic carbocycles. The van der Waals surface area contributed by atoms with Gasteiger partial charge < -0.3 is 20.1 Å². The highest BCUT2D eigenvalue weighted by molar-refractivity contribution is 6.39. The number of nitrogens with zero attached hydrogens (tertiary/aromatic N) is 5. The van der Waals surface area contributed by atoms with Gasteiger partial charge in [0, 0.05) is 60.9 Å². The highest BCUT2D eigenvalue weighted by Crippen LogP contribution is 2.42. The van der Waals surface area contributed by atoms with Crippen molar-refractivity contribution in [1.82, 2.24) is 35.5 Å². The summed E-state index contributed by atoms with van der Waals surface area (Å²) >= 11 is 14.1. The van der Waals surface area contributed by atoms with E-state index in [0.29, 0.717) is 106 Å². The smallest absolute Gasteiger partial charge is 0.237 e. The van der Waals surface area contributed by atoms with Crippen LogP contribution in [0.1, 0.15) is 37.1 Å².